The number of furan rings is 1. The molecule has 0 atom stereocenters. The summed E-state index contributed by atoms with van der Waals surface area (Å²) in [5.41, 5.74) is 0.304. The van der Waals surface area contributed by atoms with Crippen LogP contribution in [0.2, 0.25) is 0 Å². The Morgan fingerprint density at radius 1 is 1.33 bits per heavy atom. The van der Waals surface area contributed by atoms with Crippen LogP contribution < -0.4 is 5.56 Å². The number of rotatable bonds is 1. The zero-order chi connectivity index (χ0) is 13.5. The van der Waals surface area contributed by atoms with E-state index in [1.807, 2.05) is 33.8 Å². The van der Waals surface area contributed by atoms with Crippen LogP contribution in [-0.4, -0.2) is 9.97 Å². The number of nitrogens with one attached hydrogen (secondary N) is 1. The lowest BCUT2D eigenvalue weighted by molar-refractivity contribution is 0.536. The molecule has 0 aliphatic carbocycles. The van der Waals surface area contributed by atoms with Crippen molar-refractivity contribution in [1.82, 2.24) is 9.97 Å². The third-order valence-electron chi connectivity index (χ3n) is 2.55. The number of aromatic amines is 1. The summed E-state index contributed by atoms with van der Waals surface area (Å²) in [5.74, 6) is 1.82. The fourth-order valence-corrected chi connectivity index (χ4v) is 2.42. The number of aryl methyl sites for hydroxylation is 1. The molecule has 18 heavy (non-hydrogen) atoms. The van der Waals surface area contributed by atoms with Gasteiger partial charge >= 0.3 is 0 Å². The van der Waals surface area contributed by atoms with Crippen molar-refractivity contribution < 1.29 is 4.42 Å². The predicted molar refractivity (Wildman–Crippen MR) is 73.7 cm³/mol. The Hall–Kier alpha value is -1.36. The molecule has 0 bridgehead atoms. The number of nitrogens with zero attached hydrogens (tertiary/aromatic N) is 1. The Labute approximate surface area is 114 Å². The molecule has 4 nitrogen and oxygen atoms in total. The number of H-pyrrole nitrogens is 1. The van der Waals surface area contributed by atoms with Crippen molar-refractivity contribution in [2.24, 2.45) is 0 Å². The first-order chi connectivity index (χ1) is 8.29. The molecule has 5 heteroatoms. The molecule has 0 saturated heterocycles. The van der Waals surface area contributed by atoms with E-state index in [4.69, 9.17) is 4.42 Å². The first kappa shape index (κ1) is 13.1. The minimum atomic E-state index is -0.219. The molecule has 0 radical (unpaired) electrons. The van der Waals surface area contributed by atoms with Crippen molar-refractivity contribution >= 4 is 15.9 Å². The normalized spacial score (nSPS) is 11.8. The van der Waals surface area contributed by atoms with E-state index in [9.17, 15) is 4.79 Å². The molecular formula is C13H15BrN2O2. The first-order valence-corrected chi connectivity index (χ1v) is 6.45. The van der Waals surface area contributed by atoms with Gasteiger partial charge in [-0.3, -0.25) is 4.79 Å². The maximum atomic E-state index is 11.9. The van der Waals surface area contributed by atoms with Gasteiger partial charge in [0.1, 0.15) is 10.2 Å². The second kappa shape index (κ2) is 4.39. The maximum Gasteiger partial charge on any atom is 0.265 e. The zero-order valence-electron chi connectivity index (χ0n) is 10.8. The summed E-state index contributed by atoms with van der Waals surface area (Å²) < 4.78 is 5.96. The SMILES string of the molecule is Cc1ccc(-c2nc(C(C)(C)C)c(Br)c(=O)[nH]2)o1. The lowest BCUT2D eigenvalue weighted by Crippen LogP contribution is -2.22. The van der Waals surface area contributed by atoms with Crippen LogP contribution in [0.25, 0.3) is 11.6 Å². The standard InChI is InChI=1S/C13H15BrN2O2/c1-7-5-6-8(18-7)11-15-10(13(2,3)4)9(14)12(17)16-11/h5-6H,1-4H3,(H,15,16,17). The van der Waals surface area contributed by atoms with Crippen LogP contribution in [0.5, 0.6) is 0 Å². The summed E-state index contributed by atoms with van der Waals surface area (Å²) in [6.45, 7) is 7.88. The molecular weight excluding hydrogens is 296 g/mol. The minimum Gasteiger partial charge on any atom is -0.458 e. The van der Waals surface area contributed by atoms with Crippen LogP contribution >= 0.6 is 15.9 Å². The average Bonchev–Trinajstić information content (AvgIpc) is 2.67. The summed E-state index contributed by atoms with van der Waals surface area (Å²) in [6.07, 6.45) is 0. The summed E-state index contributed by atoms with van der Waals surface area (Å²) in [6, 6.07) is 3.64. The predicted octanol–water partition coefficient (Wildman–Crippen LogP) is 3.40. The monoisotopic (exact) mass is 310 g/mol. The highest BCUT2D eigenvalue weighted by atomic mass is 79.9. The fourth-order valence-electron chi connectivity index (χ4n) is 1.63. The van der Waals surface area contributed by atoms with E-state index in [-0.39, 0.29) is 11.0 Å². The van der Waals surface area contributed by atoms with Gasteiger partial charge in [-0.25, -0.2) is 4.98 Å². The summed E-state index contributed by atoms with van der Waals surface area (Å²) in [5, 5.41) is 0. The lowest BCUT2D eigenvalue weighted by atomic mass is 9.92. The van der Waals surface area contributed by atoms with Gasteiger partial charge in [-0.1, -0.05) is 20.8 Å². The van der Waals surface area contributed by atoms with E-state index >= 15 is 0 Å². The van der Waals surface area contributed by atoms with Gasteiger partial charge in [-0.2, -0.15) is 0 Å². The molecule has 0 aliphatic heterocycles. The minimum absolute atomic E-state index is 0.195. The van der Waals surface area contributed by atoms with Crippen LogP contribution in [0.15, 0.2) is 25.8 Å². The molecule has 0 spiro atoms. The van der Waals surface area contributed by atoms with Crippen LogP contribution in [0.4, 0.5) is 0 Å². The van der Waals surface area contributed by atoms with Gasteiger partial charge in [0.05, 0.1) is 5.69 Å². The van der Waals surface area contributed by atoms with Gasteiger partial charge in [-0.05, 0) is 35.0 Å². The van der Waals surface area contributed by atoms with Crippen molar-refractivity contribution in [2.45, 2.75) is 33.1 Å². The number of hydrogen-bond donors (Lipinski definition) is 1. The van der Waals surface area contributed by atoms with Gasteiger partial charge in [0.2, 0.25) is 0 Å². The first-order valence-electron chi connectivity index (χ1n) is 5.66. The molecule has 0 aromatic carbocycles. The highest BCUT2D eigenvalue weighted by molar-refractivity contribution is 9.10. The summed E-state index contributed by atoms with van der Waals surface area (Å²) >= 11 is 3.29. The molecule has 0 saturated carbocycles. The third kappa shape index (κ3) is 2.41. The third-order valence-corrected chi connectivity index (χ3v) is 3.28. The smallest absolute Gasteiger partial charge is 0.265 e. The second-order valence-corrected chi connectivity index (χ2v) is 6.03. The van der Waals surface area contributed by atoms with E-state index in [0.717, 1.165) is 11.5 Å². The van der Waals surface area contributed by atoms with Crippen molar-refractivity contribution in [3.63, 3.8) is 0 Å². The lowest BCUT2D eigenvalue weighted by Gasteiger charge is -2.19. The number of aromatic nitrogens is 2. The van der Waals surface area contributed by atoms with Crippen molar-refractivity contribution in [1.29, 1.82) is 0 Å². The molecule has 2 aromatic rings. The van der Waals surface area contributed by atoms with Crippen molar-refractivity contribution in [3.8, 4) is 11.6 Å². The van der Waals surface area contributed by atoms with E-state index in [1.165, 1.54) is 0 Å². The molecule has 2 aromatic heterocycles. The maximum absolute atomic E-state index is 11.9. The molecule has 0 fully saturated rings. The van der Waals surface area contributed by atoms with Gasteiger partial charge in [0.25, 0.3) is 5.56 Å². The number of hydrogen-bond acceptors (Lipinski definition) is 3. The number of halogens is 1. The molecule has 1 N–H and O–H groups in total. The Bertz CT molecular complexity index is 635. The van der Waals surface area contributed by atoms with E-state index in [0.29, 0.717) is 16.1 Å². The quantitative estimate of drug-likeness (QED) is 0.878. The molecule has 2 rings (SSSR count). The van der Waals surface area contributed by atoms with Gasteiger partial charge < -0.3 is 9.40 Å². The molecule has 96 valence electrons. The Kier molecular flexibility index (Phi) is 3.19. The highest BCUT2D eigenvalue weighted by Crippen LogP contribution is 2.27. The fraction of sp³-hybridized carbons (Fsp3) is 0.385. The van der Waals surface area contributed by atoms with Crippen molar-refractivity contribution in [2.75, 3.05) is 0 Å². The van der Waals surface area contributed by atoms with Crippen molar-refractivity contribution in [3.05, 3.63) is 38.4 Å². The van der Waals surface area contributed by atoms with Gasteiger partial charge in [0.15, 0.2) is 11.6 Å². The van der Waals surface area contributed by atoms with E-state index in [2.05, 4.69) is 25.9 Å². The largest absolute Gasteiger partial charge is 0.458 e. The van der Waals surface area contributed by atoms with Crippen LogP contribution in [0.3, 0.4) is 0 Å². The van der Waals surface area contributed by atoms with Crippen LogP contribution in [0.1, 0.15) is 32.2 Å². The van der Waals surface area contributed by atoms with E-state index < -0.39 is 0 Å². The zero-order valence-corrected chi connectivity index (χ0v) is 12.4. The summed E-state index contributed by atoms with van der Waals surface area (Å²) in [4.78, 5) is 19.1. The Balaban J connectivity index is 2.65. The van der Waals surface area contributed by atoms with Gasteiger partial charge in [-0.15, -0.1) is 0 Å². The summed E-state index contributed by atoms with van der Waals surface area (Å²) in [7, 11) is 0. The molecule has 0 aliphatic rings. The molecule has 2 heterocycles. The Morgan fingerprint density at radius 3 is 2.50 bits per heavy atom. The van der Waals surface area contributed by atoms with Gasteiger partial charge in [0, 0.05) is 5.41 Å². The van der Waals surface area contributed by atoms with E-state index in [1.54, 1.807) is 6.07 Å². The van der Waals surface area contributed by atoms with Crippen LogP contribution in [-0.2, 0) is 5.41 Å². The second-order valence-electron chi connectivity index (χ2n) is 5.24. The molecule has 0 amide bonds. The topological polar surface area (TPSA) is 58.9 Å². The van der Waals surface area contributed by atoms with Crippen LogP contribution in [0, 0.1) is 6.92 Å². The average molecular weight is 311 g/mol. The molecule has 0 unspecified atom stereocenters. The Morgan fingerprint density at radius 2 is 2.00 bits per heavy atom. The highest BCUT2D eigenvalue weighted by Gasteiger charge is 2.22.